The first-order valence-electron chi connectivity index (χ1n) is 6.66. The van der Waals surface area contributed by atoms with E-state index in [0.717, 1.165) is 20.9 Å². The molecule has 1 unspecified atom stereocenters. The number of aliphatic hydroxyl groups excluding tert-OH is 2. The van der Waals surface area contributed by atoms with Crippen LogP contribution >= 0.6 is 0 Å². The zero-order valence-corrected chi connectivity index (χ0v) is 12.5. The first-order valence-corrected chi connectivity index (χ1v) is 7.81. The highest BCUT2D eigenvalue weighted by atomic mass is 32.2. The van der Waals surface area contributed by atoms with Crippen molar-refractivity contribution in [1.82, 2.24) is 0 Å². The van der Waals surface area contributed by atoms with Crippen LogP contribution in [-0.4, -0.2) is 39.1 Å². The summed E-state index contributed by atoms with van der Waals surface area (Å²) in [6.07, 6.45) is 0.637. The number of rotatable bonds is 2. The summed E-state index contributed by atoms with van der Waals surface area (Å²) in [5.74, 6) is -0.956. The van der Waals surface area contributed by atoms with E-state index in [-0.39, 0.29) is 18.8 Å². The molecule has 0 bridgehead atoms. The lowest BCUT2D eigenvalue weighted by molar-refractivity contribution is 0.0696. The van der Waals surface area contributed by atoms with Crippen molar-refractivity contribution in [3.63, 3.8) is 0 Å². The van der Waals surface area contributed by atoms with Crippen LogP contribution in [0.15, 0.2) is 52.3 Å². The average molecular weight is 320 g/mol. The molecule has 3 N–H and O–H groups in total. The van der Waals surface area contributed by atoms with Gasteiger partial charge in [0.15, 0.2) is 9.79 Å². The van der Waals surface area contributed by atoms with Crippen molar-refractivity contribution in [2.24, 2.45) is 0 Å². The summed E-state index contributed by atoms with van der Waals surface area (Å²) in [6, 6.07) is 12.3. The molecule has 0 fully saturated rings. The van der Waals surface area contributed by atoms with E-state index in [0.29, 0.717) is 6.42 Å². The predicted octanol–water partition coefficient (Wildman–Crippen LogP) is 1.43. The second kappa shape index (κ2) is 7.42. The highest BCUT2D eigenvalue weighted by Crippen LogP contribution is 2.34. The molecule has 0 amide bonds. The Balaban J connectivity index is 0.000000396. The van der Waals surface area contributed by atoms with Crippen LogP contribution in [0.4, 0.5) is 0 Å². The number of carboxylic acids is 1. The van der Waals surface area contributed by atoms with Gasteiger partial charge in [-0.05, 0) is 24.3 Å². The number of hydrogen-bond donors (Lipinski definition) is 3. The molecular formula is C16H16O5S. The molecule has 1 aliphatic rings. The zero-order valence-electron chi connectivity index (χ0n) is 11.7. The van der Waals surface area contributed by atoms with Gasteiger partial charge in [0.25, 0.3) is 0 Å². The van der Waals surface area contributed by atoms with E-state index in [4.69, 9.17) is 15.3 Å². The maximum atomic E-state index is 12.4. The molecule has 6 heteroatoms. The van der Waals surface area contributed by atoms with Crippen LogP contribution in [0.2, 0.25) is 0 Å². The van der Waals surface area contributed by atoms with Gasteiger partial charge in [0.05, 0.1) is 18.8 Å². The van der Waals surface area contributed by atoms with Crippen LogP contribution in [-0.2, 0) is 17.6 Å². The fourth-order valence-corrected chi connectivity index (χ4v) is 3.56. The third kappa shape index (κ3) is 3.48. The Hall–Kier alpha value is -1.86. The first kappa shape index (κ1) is 16.5. The van der Waals surface area contributed by atoms with Gasteiger partial charge in [-0.3, -0.25) is 0 Å². The summed E-state index contributed by atoms with van der Waals surface area (Å²) in [5.41, 5.74) is 2.09. The van der Waals surface area contributed by atoms with Crippen molar-refractivity contribution in [3.05, 3.63) is 59.2 Å². The van der Waals surface area contributed by atoms with Gasteiger partial charge in [-0.15, -0.1) is 0 Å². The molecule has 3 rings (SSSR count). The lowest BCUT2D eigenvalue weighted by Crippen LogP contribution is -2.15. The van der Waals surface area contributed by atoms with Gasteiger partial charge >= 0.3 is 5.97 Å². The van der Waals surface area contributed by atoms with E-state index >= 15 is 0 Å². The molecule has 0 radical (unpaired) electrons. The average Bonchev–Trinajstić information content (AvgIpc) is 2.55. The maximum absolute atomic E-state index is 12.4. The minimum atomic E-state index is -1.20. The van der Waals surface area contributed by atoms with E-state index in [9.17, 15) is 9.35 Å². The lowest BCUT2D eigenvalue weighted by atomic mass is 10.0. The molecule has 116 valence electrons. The van der Waals surface area contributed by atoms with Crippen molar-refractivity contribution in [3.8, 4) is 0 Å². The van der Waals surface area contributed by atoms with Crippen LogP contribution in [0.1, 0.15) is 21.5 Å². The number of aliphatic hydroxyl groups is 2. The molecule has 0 spiro atoms. The van der Waals surface area contributed by atoms with Crippen molar-refractivity contribution in [1.29, 1.82) is 0 Å². The maximum Gasteiger partial charge on any atom is 0.335 e. The Bertz CT molecular complexity index is 669. The number of carbonyl (C=O) groups is 1. The minimum absolute atomic E-state index is 0.125. The molecule has 0 aliphatic carbocycles. The van der Waals surface area contributed by atoms with Gasteiger partial charge < -0.3 is 19.9 Å². The highest BCUT2D eigenvalue weighted by molar-refractivity contribution is 7.91. The van der Waals surface area contributed by atoms with Gasteiger partial charge in [-0.1, -0.05) is 18.2 Å². The topological polar surface area (TPSA) is 101 Å². The van der Waals surface area contributed by atoms with E-state index < -0.39 is 17.1 Å². The lowest BCUT2D eigenvalue weighted by Gasteiger charge is -2.21. The Labute approximate surface area is 131 Å². The highest BCUT2D eigenvalue weighted by Gasteiger charge is 2.28. The van der Waals surface area contributed by atoms with Gasteiger partial charge in [0.2, 0.25) is 0 Å². The second-order valence-corrected chi connectivity index (χ2v) is 6.05. The molecule has 0 saturated carbocycles. The quantitative estimate of drug-likeness (QED) is 0.727. The fourth-order valence-electron chi connectivity index (χ4n) is 2.19. The van der Waals surface area contributed by atoms with Crippen LogP contribution < -0.4 is 0 Å². The van der Waals surface area contributed by atoms with Crippen molar-refractivity contribution in [2.75, 3.05) is 13.2 Å². The summed E-state index contributed by atoms with van der Waals surface area (Å²) < 4.78 is 12.4. The molecule has 22 heavy (non-hydrogen) atoms. The molecule has 1 heterocycles. The van der Waals surface area contributed by atoms with Crippen LogP contribution in [0.25, 0.3) is 0 Å². The largest absolute Gasteiger partial charge is 0.606 e. The number of benzene rings is 2. The number of fused-ring (bicyclic) bond motifs is 2. The molecular weight excluding hydrogens is 304 g/mol. The predicted molar refractivity (Wildman–Crippen MR) is 81.5 cm³/mol. The molecule has 1 aliphatic heterocycles. The Kier molecular flexibility index (Phi) is 5.57. The zero-order chi connectivity index (χ0) is 16.1. The number of hydrogen-bond acceptors (Lipinski definition) is 4. The number of aromatic carboxylic acids is 1. The summed E-state index contributed by atoms with van der Waals surface area (Å²) in [7, 11) is 0. The summed E-state index contributed by atoms with van der Waals surface area (Å²) in [5, 5.41) is 24.2. The molecule has 1 atom stereocenters. The third-order valence-corrected chi connectivity index (χ3v) is 4.76. The van der Waals surface area contributed by atoms with E-state index in [1.165, 1.54) is 6.07 Å². The summed E-state index contributed by atoms with van der Waals surface area (Å²) in [4.78, 5) is 12.5. The Morgan fingerprint density at radius 2 is 1.68 bits per heavy atom. The monoisotopic (exact) mass is 320 g/mol. The Morgan fingerprint density at radius 3 is 2.32 bits per heavy atom. The van der Waals surface area contributed by atoms with Crippen LogP contribution in [0, 0.1) is 0 Å². The van der Waals surface area contributed by atoms with Gasteiger partial charge in [0, 0.05) is 28.7 Å². The summed E-state index contributed by atoms with van der Waals surface area (Å²) in [6.45, 7) is -0.250. The smallest absolute Gasteiger partial charge is 0.335 e. The summed E-state index contributed by atoms with van der Waals surface area (Å²) >= 11 is -1.20. The van der Waals surface area contributed by atoms with E-state index in [1.807, 2.05) is 24.3 Å². The normalized spacial score (nSPS) is 15.1. The van der Waals surface area contributed by atoms with Gasteiger partial charge in [-0.2, -0.15) is 0 Å². The van der Waals surface area contributed by atoms with Crippen molar-refractivity contribution >= 4 is 17.1 Å². The molecule has 0 aromatic heterocycles. The second-order valence-electron chi connectivity index (χ2n) is 4.63. The first-order chi connectivity index (χ1) is 10.6. The fraction of sp³-hybridized carbons (Fsp3) is 0.188. The van der Waals surface area contributed by atoms with E-state index in [1.54, 1.807) is 12.1 Å². The Morgan fingerprint density at radius 1 is 1.05 bits per heavy atom. The van der Waals surface area contributed by atoms with Crippen LogP contribution in [0.3, 0.4) is 0 Å². The van der Waals surface area contributed by atoms with Crippen molar-refractivity contribution in [2.45, 2.75) is 16.2 Å². The third-order valence-electron chi connectivity index (χ3n) is 3.16. The number of carboxylic acid groups (broad SMARTS) is 1. The standard InChI is InChI=1S/C14H10O3S.C2H6O2/c15-14(16)10-5-6-13-11(8-10)7-9-3-1-2-4-12(9)18(13)17;3-1-2-4/h1-6,8H,7H2,(H,15,16);3-4H,1-2H2. The van der Waals surface area contributed by atoms with Crippen LogP contribution in [0.5, 0.6) is 0 Å². The molecule has 0 saturated heterocycles. The van der Waals surface area contributed by atoms with Gasteiger partial charge in [0.1, 0.15) is 0 Å². The SMILES string of the molecule is O=C(O)c1ccc2c(c1)Cc1ccccc1[S+]2[O-].OCCO. The van der Waals surface area contributed by atoms with Gasteiger partial charge in [-0.25, -0.2) is 4.79 Å². The minimum Gasteiger partial charge on any atom is -0.606 e. The molecule has 2 aromatic carbocycles. The van der Waals surface area contributed by atoms with E-state index in [2.05, 4.69) is 0 Å². The molecule has 2 aromatic rings. The van der Waals surface area contributed by atoms with Crippen molar-refractivity contribution < 1.29 is 24.7 Å². The molecule has 5 nitrogen and oxygen atoms in total.